The van der Waals surface area contributed by atoms with Crippen LogP contribution in [0.25, 0.3) is 0 Å². The van der Waals surface area contributed by atoms with Crippen molar-refractivity contribution in [1.29, 1.82) is 0 Å². The van der Waals surface area contributed by atoms with Crippen molar-refractivity contribution in [3.05, 3.63) is 69.7 Å². The molecule has 0 aliphatic carbocycles. The van der Waals surface area contributed by atoms with Crippen LogP contribution >= 0.6 is 11.5 Å². The molecule has 0 radical (unpaired) electrons. The zero-order chi connectivity index (χ0) is 26.6. The fourth-order valence-electron chi connectivity index (χ4n) is 3.76. The van der Waals surface area contributed by atoms with Crippen LogP contribution < -0.4 is 21.7 Å². The first-order valence-electron chi connectivity index (χ1n) is 11.5. The number of carbonyl (C=O) groups is 3. The summed E-state index contributed by atoms with van der Waals surface area (Å²) in [5, 5.41) is 12.8. The van der Waals surface area contributed by atoms with Gasteiger partial charge in [-0.25, -0.2) is 0 Å². The summed E-state index contributed by atoms with van der Waals surface area (Å²) in [4.78, 5) is 40.8. The van der Waals surface area contributed by atoms with Crippen molar-refractivity contribution in [1.82, 2.24) is 9.69 Å². The number of aromatic hydroxyl groups is 1. The van der Waals surface area contributed by atoms with E-state index in [1.807, 2.05) is 19.9 Å². The van der Waals surface area contributed by atoms with E-state index < -0.39 is 23.8 Å². The molecule has 1 unspecified atom stereocenters. The Labute approximate surface area is 214 Å². The normalized spacial score (nSPS) is 11.8. The van der Waals surface area contributed by atoms with Gasteiger partial charge in [-0.1, -0.05) is 38.1 Å². The Hall–Kier alpha value is -3.92. The Morgan fingerprint density at radius 3 is 2.36 bits per heavy atom. The smallest absolute Gasteiger partial charge is 0.273 e. The number of nitrogens with zero attached hydrogens (tertiary/aromatic N) is 2. The van der Waals surface area contributed by atoms with E-state index in [-0.39, 0.29) is 22.0 Å². The molecular weight excluding hydrogens is 478 g/mol. The van der Waals surface area contributed by atoms with Gasteiger partial charge in [0.1, 0.15) is 16.7 Å². The summed E-state index contributed by atoms with van der Waals surface area (Å²) in [7, 11) is 0. The summed E-state index contributed by atoms with van der Waals surface area (Å²) >= 11 is 0.755. The first-order valence-corrected chi connectivity index (χ1v) is 12.3. The van der Waals surface area contributed by atoms with Crippen molar-refractivity contribution < 1.29 is 19.5 Å². The van der Waals surface area contributed by atoms with E-state index in [1.54, 1.807) is 24.3 Å². The minimum atomic E-state index is -1.09. The SMILES string of the molecule is Cc1cccc(N(C(=O)c2snc(C(N)=O)c2N)C(C(=O)NCCC(C)C)c2ccc(O)cc2)c1C. The molecule has 3 aromatic rings. The van der Waals surface area contributed by atoms with Gasteiger partial charge in [0.25, 0.3) is 11.8 Å². The Balaban J connectivity index is 2.21. The number of nitrogen functional groups attached to an aromatic ring is 1. The third-order valence-corrected chi connectivity index (χ3v) is 6.80. The van der Waals surface area contributed by atoms with Crippen LogP contribution in [0.4, 0.5) is 11.4 Å². The lowest BCUT2D eigenvalue weighted by Gasteiger charge is -2.33. The van der Waals surface area contributed by atoms with Crippen molar-refractivity contribution in [2.24, 2.45) is 11.7 Å². The molecule has 190 valence electrons. The van der Waals surface area contributed by atoms with E-state index in [9.17, 15) is 19.5 Å². The summed E-state index contributed by atoms with van der Waals surface area (Å²) in [5.41, 5.74) is 13.9. The lowest BCUT2D eigenvalue weighted by Crippen LogP contribution is -2.44. The second kappa shape index (κ2) is 11.2. The number of amides is 3. The molecule has 1 heterocycles. The number of nitrogens with two attached hydrogens (primary N) is 2. The van der Waals surface area contributed by atoms with Crippen LogP contribution in [0.15, 0.2) is 42.5 Å². The maximum Gasteiger partial charge on any atom is 0.273 e. The Kier molecular flexibility index (Phi) is 8.31. The lowest BCUT2D eigenvalue weighted by molar-refractivity contribution is -0.122. The second-order valence-electron chi connectivity index (χ2n) is 9.00. The largest absolute Gasteiger partial charge is 0.508 e. The van der Waals surface area contributed by atoms with Gasteiger partial charge in [-0.15, -0.1) is 0 Å². The van der Waals surface area contributed by atoms with Crippen LogP contribution in [0.5, 0.6) is 5.75 Å². The van der Waals surface area contributed by atoms with Crippen molar-refractivity contribution in [2.45, 2.75) is 40.2 Å². The fourth-order valence-corrected chi connectivity index (χ4v) is 4.50. The third-order valence-electron chi connectivity index (χ3n) is 5.95. The molecule has 6 N–H and O–H groups in total. The number of aromatic nitrogens is 1. The molecule has 10 heteroatoms. The molecule has 9 nitrogen and oxygen atoms in total. The van der Waals surface area contributed by atoms with Gasteiger partial charge in [0.15, 0.2) is 5.69 Å². The van der Waals surface area contributed by atoms with Crippen molar-refractivity contribution in [2.75, 3.05) is 17.2 Å². The Morgan fingerprint density at radius 1 is 1.11 bits per heavy atom. The zero-order valence-corrected chi connectivity index (χ0v) is 21.6. The van der Waals surface area contributed by atoms with Crippen LogP contribution in [-0.2, 0) is 4.79 Å². The molecule has 3 amide bonds. The first-order chi connectivity index (χ1) is 17.0. The van der Waals surface area contributed by atoms with E-state index in [0.717, 1.165) is 29.1 Å². The number of hydrogen-bond donors (Lipinski definition) is 4. The van der Waals surface area contributed by atoms with E-state index in [1.165, 1.54) is 17.0 Å². The number of aryl methyl sites for hydroxylation is 1. The second-order valence-corrected chi connectivity index (χ2v) is 9.77. The number of phenols is 1. The van der Waals surface area contributed by atoms with Crippen molar-refractivity contribution >= 4 is 40.6 Å². The molecular formula is C26H31N5O4S. The van der Waals surface area contributed by atoms with Gasteiger partial charge in [-0.05, 0) is 72.6 Å². The number of phenolic OH excluding ortho intramolecular Hbond substituents is 1. The number of hydrogen-bond acceptors (Lipinski definition) is 7. The minimum absolute atomic E-state index is 0.00321. The Morgan fingerprint density at radius 2 is 1.78 bits per heavy atom. The van der Waals surface area contributed by atoms with E-state index in [4.69, 9.17) is 11.5 Å². The van der Waals surface area contributed by atoms with Crippen LogP contribution in [0, 0.1) is 19.8 Å². The number of nitrogens with one attached hydrogen (secondary N) is 1. The van der Waals surface area contributed by atoms with E-state index >= 15 is 0 Å². The predicted molar refractivity (Wildman–Crippen MR) is 141 cm³/mol. The van der Waals surface area contributed by atoms with Gasteiger partial charge < -0.3 is 21.9 Å². The molecule has 2 aromatic carbocycles. The Bertz CT molecular complexity index is 1270. The topological polar surface area (TPSA) is 152 Å². The lowest BCUT2D eigenvalue weighted by atomic mass is 9.99. The van der Waals surface area contributed by atoms with Gasteiger partial charge >= 0.3 is 0 Å². The van der Waals surface area contributed by atoms with Crippen molar-refractivity contribution in [3.63, 3.8) is 0 Å². The summed E-state index contributed by atoms with van der Waals surface area (Å²) in [6.07, 6.45) is 0.759. The molecule has 36 heavy (non-hydrogen) atoms. The predicted octanol–water partition coefficient (Wildman–Crippen LogP) is 3.70. The summed E-state index contributed by atoms with van der Waals surface area (Å²) in [6.45, 7) is 8.30. The number of carbonyl (C=O) groups excluding carboxylic acids is 3. The number of rotatable bonds is 9. The standard InChI is InChI=1S/C26H31N5O4S/c1-14(2)12-13-29-25(34)22(17-8-10-18(32)11-9-17)31(19-7-5-6-15(3)16(19)4)26(35)23-20(27)21(24(28)33)30-36-23/h5-11,14,22,32H,12-13,27H2,1-4H3,(H2,28,33)(H,29,34). The molecule has 0 spiro atoms. The van der Waals surface area contributed by atoms with Gasteiger partial charge in [0.2, 0.25) is 5.91 Å². The fraction of sp³-hybridized carbons (Fsp3) is 0.308. The van der Waals surface area contributed by atoms with E-state index in [0.29, 0.717) is 23.7 Å². The molecule has 1 aromatic heterocycles. The van der Waals surface area contributed by atoms with Gasteiger partial charge in [0.05, 0.1) is 5.69 Å². The molecule has 3 rings (SSSR count). The zero-order valence-electron chi connectivity index (χ0n) is 20.7. The highest BCUT2D eigenvalue weighted by molar-refractivity contribution is 7.09. The highest BCUT2D eigenvalue weighted by atomic mass is 32.1. The van der Waals surface area contributed by atoms with Crippen LogP contribution in [0.2, 0.25) is 0 Å². The maximum atomic E-state index is 14.1. The van der Waals surface area contributed by atoms with Crippen molar-refractivity contribution in [3.8, 4) is 5.75 Å². The van der Waals surface area contributed by atoms with Gasteiger partial charge in [0, 0.05) is 12.2 Å². The molecule has 0 aliphatic rings. The summed E-state index contributed by atoms with van der Waals surface area (Å²) in [5.74, 6) is -1.43. The number of benzene rings is 2. The highest BCUT2D eigenvalue weighted by Crippen LogP contribution is 2.36. The molecule has 0 bridgehead atoms. The third kappa shape index (κ3) is 5.65. The number of anilines is 2. The molecule has 0 saturated carbocycles. The number of primary amides is 1. The summed E-state index contributed by atoms with van der Waals surface area (Å²) < 4.78 is 3.97. The molecule has 0 aliphatic heterocycles. The monoisotopic (exact) mass is 509 g/mol. The van der Waals surface area contributed by atoms with Gasteiger partial charge in [-0.3, -0.25) is 19.3 Å². The van der Waals surface area contributed by atoms with E-state index in [2.05, 4.69) is 23.5 Å². The average molecular weight is 510 g/mol. The highest BCUT2D eigenvalue weighted by Gasteiger charge is 2.36. The molecule has 1 atom stereocenters. The first kappa shape index (κ1) is 26.7. The average Bonchev–Trinajstić information content (AvgIpc) is 3.21. The van der Waals surface area contributed by atoms with Crippen LogP contribution in [0.3, 0.4) is 0 Å². The van der Waals surface area contributed by atoms with Crippen LogP contribution in [0.1, 0.15) is 63.2 Å². The molecule has 0 fully saturated rings. The van der Waals surface area contributed by atoms with Crippen LogP contribution in [-0.4, -0.2) is 33.7 Å². The summed E-state index contributed by atoms with van der Waals surface area (Å²) in [6, 6.07) is 10.5. The molecule has 0 saturated heterocycles. The van der Waals surface area contributed by atoms with Gasteiger partial charge in [-0.2, -0.15) is 4.37 Å². The quantitative estimate of drug-likeness (QED) is 0.345. The maximum absolute atomic E-state index is 14.1. The minimum Gasteiger partial charge on any atom is -0.508 e.